The molecule has 7 nitrogen and oxygen atoms in total. The van der Waals surface area contributed by atoms with Gasteiger partial charge in [-0.2, -0.15) is 4.31 Å². The van der Waals surface area contributed by atoms with Crippen molar-refractivity contribution in [2.24, 2.45) is 5.14 Å². The molecular formula is C16H19ClFN3O4S2. The number of nitrogens with one attached hydrogen (secondary N) is 1. The predicted octanol–water partition coefficient (Wildman–Crippen LogP) is 1.23. The molecule has 0 aliphatic carbocycles. The number of hydrogen-bond donors (Lipinski definition) is 2. The molecule has 0 amide bonds. The summed E-state index contributed by atoms with van der Waals surface area (Å²) >= 11 is 0. The summed E-state index contributed by atoms with van der Waals surface area (Å²) in [6.07, 6.45) is 0. The zero-order valence-electron chi connectivity index (χ0n) is 14.1. The number of benzene rings is 2. The van der Waals surface area contributed by atoms with Crippen molar-refractivity contribution < 1.29 is 21.2 Å². The Kier molecular flexibility index (Phi) is 6.61. The van der Waals surface area contributed by atoms with Crippen LogP contribution in [0.5, 0.6) is 0 Å². The molecule has 27 heavy (non-hydrogen) atoms. The molecule has 3 rings (SSSR count). The van der Waals surface area contributed by atoms with E-state index in [-0.39, 0.29) is 28.7 Å². The first-order valence-electron chi connectivity index (χ1n) is 7.80. The Labute approximate surface area is 163 Å². The van der Waals surface area contributed by atoms with Crippen LogP contribution in [-0.4, -0.2) is 40.8 Å². The molecule has 1 unspecified atom stereocenters. The Morgan fingerprint density at radius 1 is 1.04 bits per heavy atom. The van der Waals surface area contributed by atoms with E-state index >= 15 is 0 Å². The van der Waals surface area contributed by atoms with E-state index in [0.29, 0.717) is 18.7 Å². The minimum Gasteiger partial charge on any atom is -0.313 e. The van der Waals surface area contributed by atoms with Gasteiger partial charge in [0.1, 0.15) is 5.82 Å². The van der Waals surface area contributed by atoms with Crippen molar-refractivity contribution in [2.75, 3.05) is 19.6 Å². The first-order valence-corrected chi connectivity index (χ1v) is 10.8. The zero-order valence-corrected chi connectivity index (χ0v) is 16.5. The molecule has 2 aromatic rings. The highest BCUT2D eigenvalue weighted by atomic mass is 35.5. The van der Waals surface area contributed by atoms with Crippen LogP contribution in [0.25, 0.3) is 0 Å². The van der Waals surface area contributed by atoms with Crippen LogP contribution < -0.4 is 10.5 Å². The zero-order chi connectivity index (χ0) is 18.9. The lowest BCUT2D eigenvalue weighted by Gasteiger charge is -2.35. The summed E-state index contributed by atoms with van der Waals surface area (Å²) in [5.74, 6) is -0.457. The van der Waals surface area contributed by atoms with Gasteiger partial charge in [0.05, 0.1) is 15.8 Å². The minimum absolute atomic E-state index is 0. The minimum atomic E-state index is -4.03. The monoisotopic (exact) mass is 435 g/mol. The second kappa shape index (κ2) is 8.21. The molecule has 0 aromatic heterocycles. The average molecular weight is 436 g/mol. The molecule has 3 N–H and O–H groups in total. The number of hydrogen-bond acceptors (Lipinski definition) is 5. The van der Waals surface area contributed by atoms with Gasteiger partial charge in [-0.15, -0.1) is 12.4 Å². The summed E-state index contributed by atoms with van der Waals surface area (Å²) < 4.78 is 64.1. The normalized spacial score (nSPS) is 18.7. The smallest absolute Gasteiger partial charge is 0.243 e. The van der Waals surface area contributed by atoms with E-state index in [1.807, 2.05) is 0 Å². The van der Waals surface area contributed by atoms with E-state index in [9.17, 15) is 21.2 Å². The maximum atomic E-state index is 13.6. The van der Waals surface area contributed by atoms with Gasteiger partial charge in [-0.25, -0.2) is 26.4 Å². The van der Waals surface area contributed by atoms with E-state index < -0.39 is 31.9 Å². The summed E-state index contributed by atoms with van der Waals surface area (Å²) in [7, 11) is -8.04. The molecular weight excluding hydrogens is 417 g/mol. The lowest BCUT2D eigenvalue weighted by atomic mass is 10.1. The highest BCUT2D eigenvalue weighted by Crippen LogP contribution is 2.29. The Balaban J connectivity index is 0.00000261. The molecule has 0 radical (unpaired) electrons. The molecule has 148 valence electrons. The molecule has 0 spiro atoms. The number of halogens is 2. The van der Waals surface area contributed by atoms with Crippen molar-refractivity contribution in [1.82, 2.24) is 9.62 Å². The largest absolute Gasteiger partial charge is 0.313 e. The second-order valence-electron chi connectivity index (χ2n) is 5.91. The lowest BCUT2D eigenvalue weighted by Crippen LogP contribution is -2.48. The Morgan fingerprint density at radius 3 is 2.37 bits per heavy atom. The highest BCUT2D eigenvalue weighted by molar-refractivity contribution is 7.90. The summed E-state index contributed by atoms with van der Waals surface area (Å²) in [6, 6.07) is 10.1. The van der Waals surface area contributed by atoms with Crippen LogP contribution in [0.15, 0.2) is 58.3 Å². The van der Waals surface area contributed by atoms with Crippen LogP contribution in [0.2, 0.25) is 0 Å². The van der Waals surface area contributed by atoms with Gasteiger partial charge in [-0.05, 0) is 35.9 Å². The topological polar surface area (TPSA) is 110 Å². The third-order valence-corrected chi connectivity index (χ3v) is 6.98. The fourth-order valence-corrected chi connectivity index (χ4v) is 5.21. The first kappa shape index (κ1) is 21.7. The quantitative estimate of drug-likeness (QED) is 0.750. The summed E-state index contributed by atoms with van der Waals surface area (Å²) in [5, 5.41) is 8.19. The van der Waals surface area contributed by atoms with Gasteiger partial charge in [0.2, 0.25) is 20.0 Å². The van der Waals surface area contributed by atoms with Gasteiger partial charge >= 0.3 is 0 Å². The van der Waals surface area contributed by atoms with Gasteiger partial charge < -0.3 is 5.32 Å². The van der Waals surface area contributed by atoms with Crippen molar-refractivity contribution in [2.45, 2.75) is 15.8 Å². The molecule has 0 saturated carbocycles. The van der Waals surface area contributed by atoms with Gasteiger partial charge in [0.15, 0.2) is 0 Å². The lowest BCUT2D eigenvalue weighted by molar-refractivity contribution is 0.271. The molecule has 1 heterocycles. The molecule has 1 aliphatic heterocycles. The number of sulfonamides is 2. The fourth-order valence-electron chi connectivity index (χ4n) is 2.92. The molecule has 1 atom stereocenters. The number of nitrogens with two attached hydrogens (primary N) is 1. The summed E-state index contributed by atoms with van der Waals surface area (Å²) in [6.45, 7) is 0.917. The van der Waals surface area contributed by atoms with Crippen molar-refractivity contribution in [1.29, 1.82) is 0 Å². The Morgan fingerprint density at radius 2 is 1.70 bits per heavy atom. The maximum Gasteiger partial charge on any atom is 0.243 e. The molecule has 1 saturated heterocycles. The van der Waals surface area contributed by atoms with Crippen LogP contribution in [0, 0.1) is 5.82 Å². The van der Waals surface area contributed by atoms with E-state index in [4.69, 9.17) is 5.14 Å². The first-order chi connectivity index (χ1) is 12.2. The number of nitrogens with zero attached hydrogens (tertiary/aromatic N) is 1. The van der Waals surface area contributed by atoms with Gasteiger partial charge in [-0.3, -0.25) is 0 Å². The number of piperazine rings is 1. The SMILES string of the molecule is Cl.NS(=O)(=O)c1cccc(S(=O)(=O)N2CCNCC2c2cccc(F)c2)c1. The van der Waals surface area contributed by atoms with Crippen molar-refractivity contribution in [3.05, 3.63) is 59.9 Å². The van der Waals surface area contributed by atoms with E-state index in [1.54, 1.807) is 6.07 Å². The standard InChI is InChI=1S/C16H18FN3O4S2.ClH/c17-13-4-1-3-12(9-13)16-11-19-7-8-20(16)26(23,24)15-6-2-5-14(10-15)25(18,21)22;/h1-6,9-10,16,19H,7-8,11H2,(H2,18,21,22);1H. The molecule has 1 aliphatic rings. The van der Waals surface area contributed by atoms with Gasteiger partial charge in [0, 0.05) is 19.6 Å². The third kappa shape index (κ3) is 4.65. The van der Waals surface area contributed by atoms with E-state index in [0.717, 1.165) is 6.07 Å². The van der Waals surface area contributed by atoms with Gasteiger partial charge in [0.25, 0.3) is 0 Å². The average Bonchev–Trinajstić information content (AvgIpc) is 2.61. The Bertz CT molecular complexity index is 1030. The second-order valence-corrected chi connectivity index (χ2v) is 9.36. The molecule has 1 fully saturated rings. The Hall–Kier alpha value is -1.56. The van der Waals surface area contributed by atoms with Gasteiger partial charge in [-0.1, -0.05) is 18.2 Å². The number of primary sulfonamides is 1. The third-order valence-electron chi connectivity index (χ3n) is 4.17. The summed E-state index contributed by atoms with van der Waals surface area (Å²) in [5.41, 5.74) is 0.517. The molecule has 11 heteroatoms. The highest BCUT2D eigenvalue weighted by Gasteiger charge is 2.35. The van der Waals surface area contributed by atoms with Crippen molar-refractivity contribution in [3.63, 3.8) is 0 Å². The van der Waals surface area contributed by atoms with Crippen LogP contribution in [-0.2, 0) is 20.0 Å². The van der Waals surface area contributed by atoms with Crippen LogP contribution >= 0.6 is 12.4 Å². The number of rotatable bonds is 4. The maximum absolute atomic E-state index is 13.6. The van der Waals surface area contributed by atoms with Crippen molar-refractivity contribution >= 4 is 32.5 Å². The predicted molar refractivity (Wildman–Crippen MR) is 101 cm³/mol. The van der Waals surface area contributed by atoms with Crippen LogP contribution in [0.3, 0.4) is 0 Å². The molecule has 0 bridgehead atoms. The fraction of sp³-hybridized carbons (Fsp3) is 0.250. The summed E-state index contributed by atoms with van der Waals surface area (Å²) in [4.78, 5) is -0.455. The van der Waals surface area contributed by atoms with E-state index in [1.165, 1.54) is 40.7 Å². The molecule has 2 aromatic carbocycles. The van der Waals surface area contributed by atoms with Crippen LogP contribution in [0.4, 0.5) is 4.39 Å². The van der Waals surface area contributed by atoms with Crippen LogP contribution in [0.1, 0.15) is 11.6 Å². The van der Waals surface area contributed by atoms with E-state index in [2.05, 4.69) is 5.32 Å². The van der Waals surface area contributed by atoms with Crippen molar-refractivity contribution in [3.8, 4) is 0 Å².